The number of aromatic amines is 1. The fraction of sp³-hybridized carbons (Fsp3) is 0.519. The lowest BCUT2D eigenvalue weighted by Crippen LogP contribution is -2.57. The van der Waals surface area contributed by atoms with Crippen molar-refractivity contribution in [2.24, 2.45) is 5.41 Å². The first-order valence-corrected chi connectivity index (χ1v) is 12.7. The van der Waals surface area contributed by atoms with E-state index in [1.807, 2.05) is 6.92 Å². The summed E-state index contributed by atoms with van der Waals surface area (Å²) in [5, 5.41) is 6.83. The largest absolute Gasteiger partial charge is 0.335 e. The third-order valence-corrected chi connectivity index (χ3v) is 7.93. The monoisotopic (exact) mass is 494 g/mol. The number of hydrogen-bond donors (Lipinski definition) is 1. The van der Waals surface area contributed by atoms with Crippen molar-refractivity contribution in [3.63, 3.8) is 0 Å². The molecular weight excluding hydrogens is 463 g/mol. The zero-order chi connectivity index (χ0) is 25.6. The van der Waals surface area contributed by atoms with Crippen molar-refractivity contribution < 1.29 is 18.8 Å². The molecule has 1 atom stereocenters. The number of benzene rings is 1. The smallest absolute Gasteiger partial charge is 0.290 e. The molecule has 0 spiro atoms. The van der Waals surface area contributed by atoms with Gasteiger partial charge in [-0.15, -0.1) is 0 Å². The molecule has 0 unspecified atom stereocenters. The first-order valence-electron chi connectivity index (χ1n) is 12.7. The third kappa shape index (κ3) is 4.47. The van der Waals surface area contributed by atoms with Gasteiger partial charge in [0.25, 0.3) is 17.4 Å². The minimum absolute atomic E-state index is 0.0284. The summed E-state index contributed by atoms with van der Waals surface area (Å²) in [6, 6.07) is 4.14. The number of carbonyl (C=O) groups excluding carboxylic acids is 3. The first kappa shape index (κ1) is 24.3. The average Bonchev–Trinajstić information content (AvgIpc) is 3.64. The van der Waals surface area contributed by atoms with E-state index in [1.165, 1.54) is 11.0 Å². The molecule has 3 aliphatic rings. The summed E-state index contributed by atoms with van der Waals surface area (Å²) in [6.45, 7) is 4.32. The molecule has 2 aromatic rings. The maximum Gasteiger partial charge on any atom is 0.290 e. The van der Waals surface area contributed by atoms with Gasteiger partial charge in [-0.1, -0.05) is 13.0 Å². The summed E-state index contributed by atoms with van der Waals surface area (Å²) < 4.78 is 14.8. The van der Waals surface area contributed by atoms with E-state index in [-0.39, 0.29) is 42.6 Å². The van der Waals surface area contributed by atoms with Crippen LogP contribution < -0.4 is 5.56 Å². The number of fused-ring (bicyclic) bond motifs is 1. The Balaban J connectivity index is 1.31. The molecule has 1 saturated heterocycles. The number of piperazine rings is 1. The Hall–Kier alpha value is -3.36. The number of nitrogens with one attached hydrogen (secondary N) is 1. The van der Waals surface area contributed by atoms with Crippen molar-refractivity contribution in [3.8, 4) is 0 Å². The highest BCUT2D eigenvalue weighted by Gasteiger charge is 2.49. The van der Waals surface area contributed by atoms with Crippen LogP contribution in [0.2, 0.25) is 0 Å². The predicted molar refractivity (Wildman–Crippen MR) is 130 cm³/mol. The van der Waals surface area contributed by atoms with Crippen LogP contribution in [0.4, 0.5) is 4.39 Å². The van der Waals surface area contributed by atoms with Gasteiger partial charge in [0.1, 0.15) is 5.82 Å². The van der Waals surface area contributed by atoms with E-state index in [0.29, 0.717) is 6.42 Å². The van der Waals surface area contributed by atoms with E-state index >= 15 is 0 Å². The summed E-state index contributed by atoms with van der Waals surface area (Å²) >= 11 is 0. The van der Waals surface area contributed by atoms with Gasteiger partial charge in [-0.3, -0.25) is 19.2 Å². The van der Waals surface area contributed by atoms with Crippen molar-refractivity contribution in [1.82, 2.24) is 20.0 Å². The van der Waals surface area contributed by atoms with Crippen LogP contribution in [-0.4, -0.2) is 63.3 Å². The standard InChI is InChI=1S/C27H31FN4O4/c1-16-15-31(11-12-32(16)26(36)23(33)27(2)9-10-27)25(35)20-13-17(7-8-21(20)28)14-22-18-5-3-4-6-19(18)24(34)30-29-22/h7-8,13,16H,3-6,9-12,14-15H2,1-2H3,(H,30,34)/t16-/m1/s1. The molecular formula is C27H31FN4O4. The van der Waals surface area contributed by atoms with Crippen LogP contribution in [0.15, 0.2) is 23.0 Å². The molecule has 0 radical (unpaired) electrons. The van der Waals surface area contributed by atoms with Crippen LogP contribution in [0.25, 0.3) is 0 Å². The Morgan fingerprint density at radius 1 is 1.14 bits per heavy atom. The number of aromatic nitrogens is 2. The van der Waals surface area contributed by atoms with Crippen molar-refractivity contribution >= 4 is 17.6 Å². The van der Waals surface area contributed by atoms with Crippen LogP contribution in [0.1, 0.15) is 72.3 Å². The number of hydrogen-bond acceptors (Lipinski definition) is 5. The van der Waals surface area contributed by atoms with Crippen molar-refractivity contribution in [3.05, 3.63) is 62.3 Å². The predicted octanol–water partition coefficient (Wildman–Crippen LogP) is 2.42. The fourth-order valence-electron chi connectivity index (χ4n) is 5.33. The number of nitrogens with zero attached hydrogens (tertiary/aromatic N) is 3. The Morgan fingerprint density at radius 3 is 2.56 bits per heavy atom. The normalized spacial score (nSPS) is 20.6. The molecule has 36 heavy (non-hydrogen) atoms. The molecule has 8 nitrogen and oxygen atoms in total. The second kappa shape index (κ2) is 9.26. The van der Waals surface area contributed by atoms with E-state index in [0.717, 1.165) is 60.9 Å². The number of rotatable bonds is 5. The minimum Gasteiger partial charge on any atom is -0.335 e. The molecule has 2 aliphatic carbocycles. The second-order valence-electron chi connectivity index (χ2n) is 10.6. The quantitative estimate of drug-likeness (QED) is 0.643. The molecule has 2 heterocycles. The van der Waals surface area contributed by atoms with Crippen LogP contribution in [0, 0.1) is 11.2 Å². The lowest BCUT2D eigenvalue weighted by molar-refractivity contribution is -0.149. The Labute approximate surface area is 208 Å². The highest BCUT2D eigenvalue weighted by atomic mass is 19.1. The zero-order valence-corrected chi connectivity index (χ0v) is 20.7. The third-order valence-electron chi connectivity index (χ3n) is 7.93. The van der Waals surface area contributed by atoms with Crippen molar-refractivity contribution in [2.75, 3.05) is 19.6 Å². The molecule has 1 saturated carbocycles. The number of ketones is 1. The maximum absolute atomic E-state index is 14.8. The summed E-state index contributed by atoms with van der Waals surface area (Å²) in [5.74, 6) is -1.89. The summed E-state index contributed by atoms with van der Waals surface area (Å²) in [6.07, 6.45) is 5.34. The van der Waals surface area contributed by atoms with Crippen molar-refractivity contribution in [2.45, 2.75) is 64.8 Å². The van der Waals surface area contributed by atoms with Gasteiger partial charge in [-0.05, 0) is 68.7 Å². The molecule has 190 valence electrons. The number of halogens is 1. The molecule has 1 aromatic carbocycles. The lowest BCUT2D eigenvalue weighted by atomic mass is 9.90. The first-order chi connectivity index (χ1) is 17.2. The molecule has 2 fully saturated rings. The van der Waals surface area contributed by atoms with Gasteiger partial charge in [0, 0.05) is 43.1 Å². The van der Waals surface area contributed by atoms with Gasteiger partial charge in [-0.25, -0.2) is 9.49 Å². The number of amides is 2. The van der Waals surface area contributed by atoms with Gasteiger partial charge in [0.15, 0.2) is 0 Å². The number of Topliss-reactive ketones (excluding diaryl/α,β-unsaturated/α-hetero) is 1. The molecule has 1 N–H and O–H groups in total. The summed E-state index contributed by atoms with van der Waals surface area (Å²) in [7, 11) is 0. The van der Waals surface area contributed by atoms with Gasteiger partial charge < -0.3 is 9.80 Å². The molecule has 1 aromatic heterocycles. The molecule has 2 amide bonds. The summed E-state index contributed by atoms with van der Waals surface area (Å²) in [4.78, 5) is 53.7. The summed E-state index contributed by atoms with van der Waals surface area (Å²) in [5.41, 5.74) is 2.52. The molecule has 1 aliphatic heterocycles. The number of carbonyl (C=O) groups is 3. The minimum atomic E-state index is -0.608. The topological polar surface area (TPSA) is 103 Å². The number of H-pyrrole nitrogens is 1. The van der Waals surface area contributed by atoms with Crippen LogP contribution in [0.3, 0.4) is 0 Å². The van der Waals surface area contributed by atoms with Gasteiger partial charge in [-0.2, -0.15) is 5.10 Å². The van der Waals surface area contributed by atoms with Crippen LogP contribution >= 0.6 is 0 Å². The average molecular weight is 495 g/mol. The fourth-order valence-corrected chi connectivity index (χ4v) is 5.33. The lowest BCUT2D eigenvalue weighted by Gasteiger charge is -2.40. The van der Waals surface area contributed by atoms with Gasteiger partial charge in [0.2, 0.25) is 5.78 Å². The Morgan fingerprint density at radius 2 is 1.86 bits per heavy atom. The molecule has 0 bridgehead atoms. The highest BCUT2D eigenvalue weighted by molar-refractivity contribution is 6.38. The van der Waals surface area contributed by atoms with Crippen LogP contribution in [-0.2, 0) is 28.9 Å². The maximum atomic E-state index is 14.8. The van der Waals surface area contributed by atoms with E-state index in [9.17, 15) is 23.6 Å². The SMILES string of the molecule is C[C@@H]1CN(C(=O)c2cc(Cc3n[nH]c(=O)c4c3CCCC4)ccc2F)CCN1C(=O)C(=O)C1(C)CC1. The zero-order valence-electron chi connectivity index (χ0n) is 20.7. The Bertz CT molecular complexity index is 1300. The van der Waals surface area contributed by atoms with E-state index < -0.39 is 23.0 Å². The van der Waals surface area contributed by atoms with E-state index in [4.69, 9.17) is 0 Å². The molecule has 9 heteroatoms. The van der Waals surface area contributed by atoms with Gasteiger partial charge >= 0.3 is 0 Å². The Kier molecular flexibility index (Phi) is 6.26. The van der Waals surface area contributed by atoms with Gasteiger partial charge in [0.05, 0.1) is 11.3 Å². The highest BCUT2D eigenvalue weighted by Crippen LogP contribution is 2.46. The molecule has 5 rings (SSSR count). The second-order valence-corrected chi connectivity index (χ2v) is 10.6. The van der Waals surface area contributed by atoms with Crippen molar-refractivity contribution in [1.29, 1.82) is 0 Å². The van der Waals surface area contributed by atoms with E-state index in [2.05, 4.69) is 10.2 Å². The van der Waals surface area contributed by atoms with Crippen LogP contribution in [0.5, 0.6) is 0 Å². The van der Waals surface area contributed by atoms with E-state index in [1.54, 1.807) is 24.0 Å².